The maximum Gasteiger partial charge on any atom is 0.328 e. The van der Waals surface area contributed by atoms with Gasteiger partial charge in [-0.25, -0.2) is 9.78 Å². The smallest absolute Gasteiger partial charge is 0.328 e. The largest absolute Gasteiger partial charge is 0.437 e. The molecule has 4 aromatic rings. The van der Waals surface area contributed by atoms with E-state index in [2.05, 4.69) is 20.3 Å². The van der Waals surface area contributed by atoms with Crippen molar-refractivity contribution in [2.75, 3.05) is 5.32 Å². The first-order valence-electron chi connectivity index (χ1n) is 9.16. The summed E-state index contributed by atoms with van der Waals surface area (Å²) in [5.41, 5.74) is 0.0283. The summed E-state index contributed by atoms with van der Waals surface area (Å²) < 4.78 is 6.98. The number of aryl methyl sites for hydroxylation is 1. The Kier molecular flexibility index (Phi) is 5.33. The second-order valence-electron chi connectivity index (χ2n) is 6.40. The number of amides is 1. The van der Waals surface area contributed by atoms with Gasteiger partial charge < -0.3 is 10.1 Å². The molecule has 2 aromatic heterocycles. The van der Waals surface area contributed by atoms with E-state index in [-0.39, 0.29) is 18.9 Å². The molecule has 0 spiro atoms. The van der Waals surface area contributed by atoms with Gasteiger partial charge in [-0.2, -0.15) is 0 Å². The highest BCUT2D eigenvalue weighted by atomic mass is 16.5. The highest BCUT2D eigenvalue weighted by Gasteiger charge is 2.10. The minimum atomic E-state index is -0.550. The fraction of sp³-hybridized carbons (Fsp3) is 0.0952. The first-order valence-corrected chi connectivity index (χ1v) is 9.16. The molecule has 2 heterocycles. The number of anilines is 1. The summed E-state index contributed by atoms with van der Waals surface area (Å²) in [5.74, 6) is 0.551. The Hall–Kier alpha value is -4.27. The number of carbonyl (C=O) groups excluding carboxylic acids is 1. The molecule has 0 fully saturated rings. The highest BCUT2D eigenvalue weighted by Crippen LogP contribution is 2.22. The molecule has 0 aliphatic rings. The fourth-order valence-corrected chi connectivity index (χ4v) is 3.00. The van der Waals surface area contributed by atoms with Gasteiger partial charge in [-0.15, -0.1) is 0 Å². The third-order valence-electron chi connectivity index (χ3n) is 4.35. The molecule has 0 bridgehead atoms. The van der Waals surface area contributed by atoms with Gasteiger partial charge in [-0.05, 0) is 24.3 Å². The Morgan fingerprint density at radius 3 is 2.80 bits per heavy atom. The highest BCUT2D eigenvalue weighted by molar-refractivity contribution is 5.91. The van der Waals surface area contributed by atoms with Crippen LogP contribution in [0.5, 0.6) is 11.6 Å². The van der Waals surface area contributed by atoms with E-state index in [4.69, 9.17) is 4.74 Å². The number of benzene rings is 2. The average Bonchev–Trinajstić information content (AvgIpc) is 2.74. The molecule has 4 rings (SSSR count). The lowest BCUT2D eigenvalue weighted by molar-refractivity contribution is -0.116. The number of nitrogens with zero attached hydrogens (tertiary/aromatic N) is 3. The second kappa shape index (κ2) is 8.39. The molecule has 0 saturated carbocycles. The quantitative estimate of drug-likeness (QED) is 0.510. The van der Waals surface area contributed by atoms with Crippen LogP contribution in [-0.4, -0.2) is 25.4 Å². The Morgan fingerprint density at radius 1 is 1.10 bits per heavy atom. The summed E-state index contributed by atoms with van der Waals surface area (Å²) in [5, 5.41) is 3.17. The van der Waals surface area contributed by atoms with Crippen LogP contribution < -0.4 is 21.3 Å². The summed E-state index contributed by atoms with van der Waals surface area (Å²) in [4.78, 5) is 46.8. The minimum absolute atomic E-state index is 0.0468. The van der Waals surface area contributed by atoms with Crippen LogP contribution in [0.3, 0.4) is 0 Å². The molecule has 2 aromatic carbocycles. The van der Waals surface area contributed by atoms with Crippen molar-refractivity contribution in [2.24, 2.45) is 0 Å². The number of hydrogen-bond donors (Lipinski definition) is 2. The van der Waals surface area contributed by atoms with E-state index in [0.29, 0.717) is 28.2 Å². The average molecular weight is 403 g/mol. The van der Waals surface area contributed by atoms with E-state index in [1.54, 1.807) is 54.7 Å². The number of nitrogens with one attached hydrogen (secondary N) is 2. The summed E-state index contributed by atoms with van der Waals surface area (Å²) in [6.07, 6.45) is 4.59. The summed E-state index contributed by atoms with van der Waals surface area (Å²) in [7, 11) is 0. The SMILES string of the molecule is O=C(CCn1c(=O)[nH]c(=O)c2ccccc21)Nc1cccc(Oc2cnccn2)c1. The maximum atomic E-state index is 12.4. The van der Waals surface area contributed by atoms with Crippen molar-refractivity contribution in [3.8, 4) is 11.6 Å². The van der Waals surface area contributed by atoms with Crippen LogP contribution in [0.2, 0.25) is 0 Å². The molecular weight excluding hydrogens is 386 g/mol. The second-order valence-corrected chi connectivity index (χ2v) is 6.40. The predicted molar refractivity (Wildman–Crippen MR) is 111 cm³/mol. The van der Waals surface area contributed by atoms with Gasteiger partial charge in [0, 0.05) is 37.1 Å². The zero-order valence-corrected chi connectivity index (χ0v) is 15.7. The van der Waals surface area contributed by atoms with Crippen molar-refractivity contribution in [2.45, 2.75) is 13.0 Å². The topological polar surface area (TPSA) is 119 Å². The van der Waals surface area contributed by atoms with E-state index in [9.17, 15) is 14.4 Å². The molecule has 150 valence electrons. The predicted octanol–water partition coefficient (Wildman–Crippen LogP) is 2.30. The number of aromatic amines is 1. The number of ether oxygens (including phenoxy) is 1. The van der Waals surface area contributed by atoms with E-state index >= 15 is 0 Å². The Morgan fingerprint density at radius 2 is 1.97 bits per heavy atom. The van der Waals surface area contributed by atoms with E-state index < -0.39 is 11.2 Å². The fourth-order valence-electron chi connectivity index (χ4n) is 3.00. The number of para-hydroxylation sites is 1. The third kappa shape index (κ3) is 4.25. The van der Waals surface area contributed by atoms with Crippen LogP contribution in [0.4, 0.5) is 5.69 Å². The lowest BCUT2D eigenvalue weighted by Gasteiger charge is -2.10. The molecular formula is C21H17N5O4. The third-order valence-corrected chi connectivity index (χ3v) is 4.35. The monoisotopic (exact) mass is 403 g/mol. The van der Waals surface area contributed by atoms with Crippen LogP contribution >= 0.6 is 0 Å². The van der Waals surface area contributed by atoms with Crippen LogP contribution in [-0.2, 0) is 11.3 Å². The zero-order chi connectivity index (χ0) is 20.9. The van der Waals surface area contributed by atoms with Gasteiger partial charge in [0.2, 0.25) is 11.8 Å². The van der Waals surface area contributed by atoms with Crippen molar-refractivity contribution >= 4 is 22.5 Å². The Bertz CT molecular complexity index is 1310. The molecule has 0 saturated heterocycles. The molecule has 9 nitrogen and oxygen atoms in total. The van der Waals surface area contributed by atoms with Gasteiger partial charge in [0.15, 0.2) is 0 Å². The molecule has 9 heteroatoms. The van der Waals surface area contributed by atoms with E-state index in [0.717, 1.165) is 0 Å². The summed E-state index contributed by atoms with van der Waals surface area (Å²) >= 11 is 0. The summed E-state index contributed by atoms with van der Waals surface area (Å²) in [6, 6.07) is 13.6. The van der Waals surface area contributed by atoms with Gasteiger partial charge in [-0.3, -0.25) is 24.1 Å². The number of H-pyrrole nitrogens is 1. The molecule has 0 radical (unpaired) electrons. The summed E-state index contributed by atoms with van der Waals surface area (Å²) in [6.45, 7) is 0.123. The van der Waals surface area contributed by atoms with E-state index in [1.165, 1.54) is 17.0 Å². The molecule has 0 aliphatic heterocycles. The van der Waals surface area contributed by atoms with Crippen LogP contribution in [0, 0.1) is 0 Å². The van der Waals surface area contributed by atoms with Crippen LogP contribution in [0.15, 0.2) is 76.7 Å². The lowest BCUT2D eigenvalue weighted by Crippen LogP contribution is -2.31. The van der Waals surface area contributed by atoms with Gasteiger partial charge in [-0.1, -0.05) is 18.2 Å². The lowest BCUT2D eigenvalue weighted by atomic mass is 10.2. The van der Waals surface area contributed by atoms with Crippen LogP contribution in [0.25, 0.3) is 10.9 Å². The van der Waals surface area contributed by atoms with Crippen molar-refractivity contribution in [1.29, 1.82) is 0 Å². The molecule has 1 amide bonds. The number of aromatic nitrogens is 4. The zero-order valence-electron chi connectivity index (χ0n) is 15.7. The number of carbonyl (C=O) groups is 1. The maximum absolute atomic E-state index is 12.4. The molecule has 30 heavy (non-hydrogen) atoms. The standard InChI is InChI=1S/C21H17N5O4/c27-18(8-11-26-17-7-2-1-6-16(17)20(28)25-21(26)29)24-14-4-3-5-15(12-14)30-19-13-22-9-10-23-19/h1-7,9-10,12-13H,8,11H2,(H,24,27)(H,25,28,29). The molecule has 0 aliphatic carbocycles. The van der Waals surface area contributed by atoms with Gasteiger partial charge >= 0.3 is 5.69 Å². The normalized spacial score (nSPS) is 10.7. The van der Waals surface area contributed by atoms with Crippen molar-refractivity contribution in [1.82, 2.24) is 19.5 Å². The van der Waals surface area contributed by atoms with Crippen molar-refractivity contribution in [3.63, 3.8) is 0 Å². The first kappa shape index (κ1) is 19.1. The van der Waals surface area contributed by atoms with Crippen molar-refractivity contribution < 1.29 is 9.53 Å². The molecule has 2 N–H and O–H groups in total. The van der Waals surface area contributed by atoms with Gasteiger partial charge in [0.1, 0.15) is 5.75 Å². The van der Waals surface area contributed by atoms with Gasteiger partial charge in [0.25, 0.3) is 5.56 Å². The van der Waals surface area contributed by atoms with Crippen molar-refractivity contribution in [3.05, 3.63) is 88.0 Å². The first-order chi connectivity index (χ1) is 14.6. The number of hydrogen-bond acceptors (Lipinski definition) is 6. The minimum Gasteiger partial charge on any atom is -0.437 e. The number of fused-ring (bicyclic) bond motifs is 1. The van der Waals surface area contributed by atoms with E-state index in [1.807, 2.05) is 0 Å². The Labute approximate surface area is 170 Å². The van der Waals surface area contributed by atoms with Crippen LogP contribution in [0.1, 0.15) is 6.42 Å². The molecule has 0 unspecified atom stereocenters. The number of rotatable bonds is 6. The molecule has 0 atom stereocenters. The Balaban J connectivity index is 1.45. The van der Waals surface area contributed by atoms with Gasteiger partial charge in [0.05, 0.1) is 17.1 Å².